The van der Waals surface area contributed by atoms with Crippen molar-refractivity contribution >= 4 is 23.2 Å². The van der Waals surface area contributed by atoms with Gasteiger partial charge in [0.1, 0.15) is 5.65 Å². The van der Waals surface area contributed by atoms with Gasteiger partial charge in [-0.3, -0.25) is 14.3 Å². The lowest BCUT2D eigenvalue weighted by Crippen LogP contribution is -2.36. The maximum Gasteiger partial charge on any atom is 0.250 e. The number of fused-ring (bicyclic) bond motifs is 1. The zero-order valence-corrected chi connectivity index (χ0v) is 18.4. The van der Waals surface area contributed by atoms with E-state index in [0.29, 0.717) is 29.9 Å². The van der Waals surface area contributed by atoms with Crippen molar-refractivity contribution in [1.29, 1.82) is 0 Å². The van der Waals surface area contributed by atoms with Gasteiger partial charge in [0.25, 0.3) is 5.92 Å². The minimum absolute atomic E-state index is 0.0167. The number of aromatic nitrogens is 3. The van der Waals surface area contributed by atoms with Crippen molar-refractivity contribution in [3.8, 4) is 5.69 Å². The summed E-state index contributed by atoms with van der Waals surface area (Å²) in [4.78, 5) is 21.0. The number of carbonyl (C=O) groups excluding carboxylic acids is 1. The Morgan fingerprint density at radius 2 is 1.91 bits per heavy atom. The molecule has 0 aliphatic carbocycles. The summed E-state index contributed by atoms with van der Waals surface area (Å²) >= 11 is 0. The molecule has 4 heterocycles. The predicted octanol–water partition coefficient (Wildman–Crippen LogP) is 3.70. The molecule has 1 fully saturated rings. The van der Waals surface area contributed by atoms with Crippen LogP contribution in [0.4, 0.5) is 8.78 Å². The highest BCUT2D eigenvalue weighted by Gasteiger charge is 2.32. The average molecular weight is 447 g/mol. The molecule has 1 aliphatic rings. The van der Waals surface area contributed by atoms with Gasteiger partial charge in [-0.25, -0.2) is 13.8 Å². The SMILES string of the molecule is CC.CN1CCC(F)(F)CC1.N/C(=N\O)c1cncc(-n2ccc3cc(C=O)cnc32)c1. The van der Waals surface area contributed by atoms with E-state index in [2.05, 4.69) is 15.1 Å². The molecule has 10 heteroatoms. The van der Waals surface area contributed by atoms with E-state index in [-0.39, 0.29) is 18.7 Å². The van der Waals surface area contributed by atoms with E-state index < -0.39 is 5.92 Å². The molecule has 32 heavy (non-hydrogen) atoms. The maximum atomic E-state index is 12.4. The molecule has 172 valence electrons. The van der Waals surface area contributed by atoms with E-state index >= 15 is 0 Å². The van der Waals surface area contributed by atoms with E-state index in [1.807, 2.05) is 42.6 Å². The maximum absolute atomic E-state index is 12.4. The number of carbonyl (C=O) groups is 1. The molecule has 3 aromatic rings. The van der Waals surface area contributed by atoms with Gasteiger partial charge in [0.2, 0.25) is 0 Å². The first-order valence-electron chi connectivity index (χ1n) is 10.2. The van der Waals surface area contributed by atoms with Crippen molar-refractivity contribution in [2.45, 2.75) is 32.6 Å². The summed E-state index contributed by atoms with van der Waals surface area (Å²) in [5.41, 5.74) is 8.00. The van der Waals surface area contributed by atoms with Crippen molar-refractivity contribution in [3.63, 3.8) is 0 Å². The monoisotopic (exact) mass is 446 g/mol. The molecule has 0 atom stereocenters. The standard InChI is InChI=1S/C14H11N5O2.C6H11F2N.C2H6/c15-13(18-21)11-4-12(7-16-6-11)19-2-1-10-3-9(8-20)5-17-14(10)19;1-9-4-2-6(7,8)3-5-9;1-2/h1-8,21H,(H2,15,18);2-5H2,1H3;1-2H3. The van der Waals surface area contributed by atoms with Gasteiger partial charge in [-0.15, -0.1) is 0 Å². The fraction of sp³-hybridized carbons (Fsp3) is 0.364. The molecule has 8 nitrogen and oxygen atoms in total. The molecular formula is C22H28F2N6O2. The molecule has 4 rings (SSSR count). The first-order valence-corrected chi connectivity index (χ1v) is 10.2. The number of pyridine rings is 2. The number of alkyl halides is 2. The Bertz CT molecular complexity index is 1060. The Hall–Kier alpha value is -3.40. The van der Waals surface area contributed by atoms with Crippen LogP contribution in [0.5, 0.6) is 0 Å². The number of halogens is 2. The molecule has 1 aliphatic heterocycles. The number of nitrogens with zero attached hydrogens (tertiary/aromatic N) is 5. The molecule has 0 spiro atoms. The van der Waals surface area contributed by atoms with E-state index in [0.717, 1.165) is 17.4 Å². The predicted molar refractivity (Wildman–Crippen MR) is 120 cm³/mol. The highest BCUT2D eigenvalue weighted by atomic mass is 19.3. The van der Waals surface area contributed by atoms with Crippen LogP contribution in [0.3, 0.4) is 0 Å². The lowest BCUT2D eigenvalue weighted by molar-refractivity contribution is -0.0504. The average Bonchev–Trinajstić information content (AvgIpc) is 3.25. The first kappa shape index (κ1) is 24.9. The normalized spacial score (nSPS) is 15.8. The summed E-state index contributed by atoms with van der Waals surface area (Å²) in [6.07, 6.45) is 7.29. The molecule has 0 saturated carbocycles. The minimum Gasteiger partial charge on any atom is -0.409 e. The van der Waals surface area contributed by atoms with E-state index in [1.54, 1.807) is 18.3 Å². The van der Waals surface area contributed by atoms with Crippen molar-refractivity contribution in [3.05, 3.63) is 54.1 Å². The van der Waals surface area contributed by atoms with E-state index in [1.165, 1.54) is 12.4 Å². The lowest BCUT2D eigenvalue weighted by Gasteiger charge is -2.28. The number of nitrogens with two attached hydrogens (primary N) is 1. The van der Waals surface area contributed by atoms with Gasteiger partial charge < -0.3 is 15.8 Å². The quantitative estimate of drug-likeness (QED) is 0.209. The van der Waals surface area contributed by atoms with Crippen molar-refractivity contribution < 1.29 is 18.8 Å². The molecule has 3 aromatic heterocycles. The highest BCUT2D eigenvalue weighted by Crippen LogP contribution is 2.26. The van der Waals surface area contributed by atoms with Crippen LogP contribution in [0.25, 0.3) is 16.7 Å². The smallest absolute Gasteiger partial charge is 0.250 e. The summed E-state index contributed by atoms with van der Waals surface area (Å²) in [6, 6.07) is 5.34. The molecule has 0 amide bonds. The number of rotatable bonds is 3. The first-order chi connectivity index (χ1) is 15.3. The fourth-order valence-electron chi connectivity index (χ4n) is 3.02. The summed E-state index contributed by atoms with van der Waals surface area (Å²) in [5.74, 6) is -2.40. The Labute approximate surface area is 185 Å². The van der Waals surface area contributed by atoms with Gasteiger partial charge in [0.05, 0.1) is 11.9 Å². The van der Waals surface area contributed by atoms with Crippen LogP contribution < -0.4 is 5.73 Å². The Morgan fingerprint density at radius 3 is 2.50 bits per heavy atom. The number of aldehydes is 1. The third-order valence-corrected chi connectivity index (χ3v) is 4.81. The molecular weight excluding hydrogens is 418 g/mol. The molecule has 3 N–H and O–H groups in total. The van der Waals surface area contributed by atoms with Crippen LogP contribution in [0.15, 0.2) is 48.1 Å². The van der Waals surface area contributed by atoms with Crippen LogP contribution in [0.2, 0.25) is 0 Å². The van der Waals surface area contributed by atoms with Gasteiger partial charge >= 0.3 is 0 Å². The fourth-order valence-corrected chi connectivity index (χ4v) is 3.02. The largest absolute Gasteiger partial charge is 0.409 e. The zero-order chi connectivity index (χ0) is 23.7. The topological polar surface area (TPSA) is 110 Å². The third-order valence-electron chi connectivity index (χ3n) is 4.81. The zero-order valence-electron chi connectivity index (χ0n) is 18.4. The molecule has 0 aromatic carbocycles. The number of hydrogen-bond acceptors (Lipinski definition) is 6. The number of piperidine rings is 1. The molecule has 0 radical (unpaired) electrons. The number of amidine groups is 1. The Kier molecular flexibility index (Phi) is 8.77. The molecule has 0 bridgehead atoms. The van der Waals surface area contributed by atoms with Gasteiger partial charge in [-0.2, -0.15) is 0 Å². The summed E-state index contributed by atoms with van der Waals surface area (Å²) in [5, 5.41) is 12.5. The second-order valence-corrected chi connectivity index (χ2v) is 7.06. The van der Waals surface area contributed by atoms with Crippen LogP contribution in [-0.2, 0) is 0 Å². The Balaban J connectivity index is 0.000000277. The van der Waals surface area contributed by atoms with Crippen LogP contribution in [0, 0.1) is 0 Å². The second-order valence-electron chi connectivity index (χ2n) is 7.06. The Morgan fingerprint density at radius 1 is 1.22 bits per heavy atom. The minimum atomic E-state index is -2.38. The van der Waals surface area contributed by atoms with Gasteiger partial charge in [0, 0.05) is 61.0 Å². The summed E-state index contributed by atoms with van der Waals surface area (Å²) in [6.45, 7) is 5.07. The lowest BCUT2D eigenvalue weighted by atomic mass is 10.1. The van der Waals surface area contributed by atoms with Crippen LogP contribution >= 0.6 is 0 Å². The van der Waals surface area contributed by atoms with E-state index in [9.17, 15) is 13.6 Å². The molecule has 0 unspecified atom stereocenters. The van der Waals surface area contributed by atoms with Gasteiger partial charge in [-0.1, -0.05) is 19.0 Å². The molecule has 1 saturated heterocycles. The van der Waals surface area contributed by atoms with Crippen molar-refractivity contribution in [1.82, 2.24) is 19.4 Å². The summed E-state index contributed by atoms with van der Waals surface area (Å²) in [7, 11) is 1.87. The van der Waals surface area contributed by atoms with Gasteiger partial charge in [-0.05, 0) is 25.2 Å². The van der Waals surface area contributed by atoms with E-state index in [4.69, 9.17) is 10.9 Å². The van der Waals surface area contributed by atoms with Crippen LogP contribution in [-0.4, -0.2) is 62.8 Å². The second kappa shape index (κ2) is 11.3. The number of likely N-dealkylation sites (tertiary alicyclic amines) is 1. The van der Waals surface area contributed by atoms with Gasteiger partial charge in [0.15, 0.2) is 12.1 Å². The highest BCUT2D eigenvalue weighted by molar-refractivity contribution is 5.97. The van der Waals surface area contributed by atoms with Crippen molar-refractivity contribution in [2.24, 2.45) is 10.9 Å². The van der Waals surface area contributed by atoms with Crippen LogP contribution in [0.1, 0.15) is 42.6 Å². The third kappa shape index (κ3) is 6.30. The van der Waals surface area contributed by atoms with Crippen molar-refractivity contribution in [2.75, 3.05) is 20.1 Å². The number of hydrogen-bond donors (Lipinski definition) is 2. The summed E-state index contributed by atoms with van der Waals surface area (Å²) < 4.78 is 26.5. The number of oxime groups is 1.